The minimum absolute atomic E-state index is 0.0283. The van der Waals surface area contributed by atoms with E-state index in [4.69, 9.17) is 9.73 Å². The maximum absolute atomic E-state index is 5.96. The zero-order chi connectivity index (χ0) is 19.6. The van der Waals surface area contributed by atoms with Crippen LogP contribution in [0, 0.1) is 6.92 Å². The number of benzene rings is 1. The second-order valence-electron chi connectivity index (χ2n) is 7.61. The van der Waals surface area contributed by atoms with Crippen molar-refractivity contribution >= 4 is 5.96 Å². The number of guanidine groups is 1. The molecule has 1 heterocycles. The molecule has 1 fully saturated rings. The van der Waals surface area contributed by atoms with Gasteiger partial charge in [0, 0.05) is 32.2 Å². The summed E-state index contributed by atoms with van der Waals surface area (Å²) in [5, 5.41) is 6.95. The van der Waals surface area contributed by atoms with Crippen LogP contribution in [0.3, 0.4) is 0 Å². The Balaban J connectivity index is 1.81. The Morgan fingerprint density at radius 3 is 2.56 bits per heavy atom. The Hall–Kier alpha value is -2.01. The van der Waals surface area contributed by atoms with Crippen molar-refractivity contribution in [2.45, 2.75) is 52.7 Å². The first-order valence-electron chi connectivity index (χ1n) is 10.1. The second-order valence-corrected chi connectivity index (χ2v) is 7.61. The van der Waals surface area contributed by atoms with E-state index in [2.05, 4.69) is 61.9 Å². The van der Waals surface area contributed by atoms with Crippen LogP contribution in [-0.4, -0.2) is 55.7 Å². The molecule has 1 unspecified atom stereocenters. The highest BCUT2D eigenvalue weighted by atomic mass is 16.5. The number of aliphatic imine (C=N–C) groups is 1. The van der Waals surface area contributed by atoms with Crippen LogP contribution >= 0.6 is 0 Å². The molecule has 0 aromatic heterocycles. The molecular weight excluding hydrogens is 336 g/mol. The molecule has 0 saturated carbocycles. The van der Waals surface area contributed by atoms with Gasteiger partial charge in [-0.2, -0.15) is 0 Å². The van der Waals surface area contributed by atoms with Crippen molar-refractivity contribution in [3.8, 4) is 5.75 Å². The molecule has 2 rings (SSSR count). The van der Waals surface area contributed by atoms with Gasteiger partial charge in [-0.05, 0) is 52.7 Å². The van der Waals surface area contributed by atoms with Gasteiger partial charge in [-0.1, -0.05) is 29.8 Å². The molecule has 0 aliphatic carbocycles. The van der Waals surface area contributed by atoms with Gasteiger partial charge in [0.15, 0.2) is 5.96 Å². The Morgan fingerprint density at radius 2 is 1.96 bits per heavy atom. The number of hydrogen-bond acceptors (Lipinski definition) is 3. The monoisotopic (exact) mass is 372 g/mol. The van der Waals surface area contributed by atoms with Crippen molar-refractivity contribution in [1.82, 2.24) is 15.5 Å². The summed E-state index contributed by atoms with van der Waals surface area (Å²) < 4.78 is 5.96. The Kier molecular flexibility index (Phi) is 8.65. The average Bonchev–Trinajstić information content (AvgIpc) is 2.63. The van der Waals surface area contributed by atoms with E-state index in [1.54, 1.807) is 0 Å². The van der Waals surface area contributed by atoms with Crippen molar-refractivity contribution in [2.24, 2.45) is 4.99 Å². The van der Waals surface area contributed by atoms with Gasteiger partial charge >= 0.3 is 0 Å². The Labute approximate surface area is 164 Å². The van der Waals surface area contributed by atoms with Crippen LogP contribution in [0.2, 0.25) is 0 Å². The highest BCUT2D eigenvalue weighted by Gasteiger charge is 2.19. The van der Waals surface area contributed by atoms with E-state index in [9.17, 15) is 0 Å². The van der Waals surface area contributed by atoms with E-state index in [1.807, 2.05) is 12.1 Å². The van der Waals surface area contributed by atoms with Crippen LogP contribution < -0.4 is 15.4 Å². The molecule has 1 saturated heterocycles. The van der Waals surface area contributed by atoms with Crippen LogP contribution in [0.25, 0.3) is 0 Å². The molecule has 1 aromatic rings. The predicted octanol–water partition coefficient (Wildman–Crippen LogP) is 3.36. The average molecular weight is 373 g/mol. The fourth-order valence-corrected chi connectivity index (χ4v) is 3.24. The van der Waals surface area contributed by atoms with Gasteiger partial charge in [-0.25, -0.2) is 4.99 Å². The lowest BCUT2D eigenvalue weighted by molar-refractivity contribution is 0.220. The van der Waals surface area contributed by atoms with Crippen molar-refractivity contribution in [1.29, 1.82) is 0 Å². The summed E-state index contributed by atoms with van der Waals surface area (Å²) in [5.74, 6) is 1.78. The molecular formula is C22H36N4O. The number of likely N-dealkylation sites (tertiary alicyclic amines) is 1. The molecule has 2 N–H and O–H groups in total. The molecule has 0 amide bonds. The molecule has 5 nitrogen and oxygen atoms in total. The third kappa shape index (κ3) is 8.04. The van der Waals surface area contributed by atoms with Gasteiger partial charge < -0.3 is 15.4 Å². The number of rotatable bonds is 8. The van der Waals surface area contributed by atoms with Gasteiger partial charge in [-0.3, -0.25) is 4.90 Å². The SMILES string of the molecule is C=C(C)CN1CCC(NC(=NCC(C)Oc2ccc(C)cc2)NCC)CC1. The van der Waals surface area contributed by atoms with Crippen LogP contribution in [0.15, 0.2) is 41.4 Å². The molecule has 27 heavy (non-hydrogen) atoms. The van der Waals surface area contributed by atoms with Crippen molar-refractivity contribution < 1.29 is 4.74 Å². The Bertz CT molecular complexity index is 603. The number of aryl methyl sites for hydroxylation is 1. The predicted molar refractivity (Wildman–Crippen MR) is 115 cm³/mol. The lowest BCUT2D eigenvalue weighted by Crippen LogP contribution is -2.49. The summed E-state index contributed by atoms with van der Waals surface area (Å²) in [6.07, 6.45) is 2.29. The van der Waals surface area contributed by atoms with E-state index in [0.717, 1.165) is 50.7 Å². The van der Waals surface area contributed by atoms with E-state index in [0.29, 0.717) is 12.6 Å². The summed E-state index contributed by atoms with van der Waals surface area (Å²) in [4.78, 5) is 7.20. The fourth-order valence-electron chi connectivity index (χ4n) is 3.24. The number of nitrogens with one attached hydrogen (secondary N) is 2. The maximum atomic E-state index is 5.96. The van der Waals surface area contributed by atoms with Gasteiger partial charge in [0.1, 0.15) is 11.9 Å². The van der Waals surface area contributed by atoms with E-state index >= 15 is 0 Å². The van der Waals surface area contributed by atoms with Crippen molar-refractivity contribution in [3.63, 3.8) is 0 Å². The first kappa shape index (κ1) is 21.3. The van der Waals surface area contributed by atoms with Gasteiger partial charge in [0.2, 0.25) is 0 Å². The largest absolute Gasteiger partial charge is 0.489 e. The topological polar surface area (TPSA) is 48.9 Å². The van der Waals surface area contributed by atoms with E-state index < -0.39 is 0 Å². The Morgan fingerprint density at radius 1 is 1.30 bits per heavy atom. The van der Waals surface area contributed by atoms with Crippen LogP contribution in [0.4, 0.5) is 0 Å². The number of ether oxygens (including phenoxy) is 1. The smallest absolute Gasteiger partial charge is 0.191 e. The second kappa shape index (κ2) is 11.0. The number of piperidine rings is 1. The molecule has 0 bridgehead atoms. The van der Waals surface area contributed by atoms with Gasteiger partial charge in [0.25, 0.3) is 0 Å². The maximum Gasteiger partial charge on any atom is 0.191 e. The standard InChI is InChI=1S/C22H36N4O/c1-6-23-22(25-20-11-13-26(14-12-20)16-17(2)3)24-15-19(5)27-21-9-7-18(4)8-10-21/h7-10,19-20H,2,6,11-16H2,1,3-5H3,(H2,23,24,25). The lowest BCUT2D eigenvalue weighted by Gasteiger charge is -2.33. The van der Waals surface area contributed by atoms with E-state index in [1.165, 1.54) is 11.1 Å². The molecule has 0 spiro atoms. The normalized spacial score (nSPS) is 17.4. The highest BCUT2D eigenvalue weighted by Crippen LogP contribution is 2.14. The number of hydrogen-bond donors (Lipinski definition) is 2. The molecule has 5 heteroatoms. The summed E-state index contributed by atoms with van der Waals surface area (Å²) in [6.45, 7) is 17.1. The van der Waals surface area contributed by atoms with E-state index in [-0.39, 0.29) is 6.10 Å². The summed E-state index contributed by atoms with van der Waals surface area (Å²) in [5.41, 5.74) is 2.47. The zero-order valence-corrected chi connectivity index (χ0v) is 17.4. The third-order valence-electron chi connectivity index (χ3n) is 4.63. The zero-order valence-electron chi connectivity index (χ0n) is 17.4. The molecule has 150 valence electrons. The first-order chi connectivity index (χ1) is 13.0. The molecule has 1 aliphatic rings. The summed E-state index contributed by atoms with van der Waals surface area (Å²) in [7, 11) is 0. The van der Waals surface area contributed by atoms with Gasteiger partial charge in [0.05, 0.1) is 6.54 Å². The fraction of sp³-hybridized carbons (Fsp3) is 0.591. The minimum atomic E-state index is 0.0283. The molecule has 0 radical (unpaired) electrons. The van der Waals surface area contributed by atoms with Crippen molar-refractivity contribution in [3.05, 3.63) is 42.0 Å². The van der Waals surface area contributed by atoms with Crippen LogP contribution in [0.1, 0.15) is 39.2 Å². The molecule has 1 aromatic carbocycles. The number of nitrogens with zero attached hydrogens (tertiary/aromatic N) is 2. The van der Waals surface area contributed by atoms with Crippen molar-refractivity contribution in [2.75, 3.05) is 32.7 Å². The third-order valence-corrected chi connectivity index (χ3v) is 4.63. The van der Waals surface area contributed by atoms with Crippen LogP contribution in [0.5, 0.6) is 5.75 Å². The molecule has 1 atom stereocenters. The van der Waals surface area contributed by atoms with Gasteiger partial charge in [-0.15, -0.1) is 0 Å². The quantitative estimate of drug-likeness (QED) is 0.417. The molecule has 1 aliphatic heterocycles. The minimum Gasteiger partial charge on any atom is -0.489 e. The highest BCUT2D eigenvalue weighted by molar-refractivity contribution is 5.80. The summed E-state index contributed by atoms with van der Waals surface area (Å²) in [6, 6.07) is 8.63. The lowest BCUT2D eigenvalue weighted by atomic mass is 10.0. The first-order valence-corrected chi connectivity index (χ1v) is 10.1. The summed E-state index contributed by atoms with van der Waals surface area (Å²) >= 11 is 0. The van der Waals surface area contributed by atoms with Crippen LogP contribution in [-0.2, 0) is 0 Å².